The highest BCUT2D eigenvalue weighted by molar-refractivity contribution is 9.09. The Morgan fingerprint density at radius 1 is 1.53 bits per heavy atom. The highest BCUT2D eigenvalue weighted by atomic mass is 79.9. The number of para-hydroxylation sites is 1. The van der Waals surface area contributed by atoms with Crippen molar-refractivity contribution in [1.82, 2.24) is 5.32 Å². The van der Waals surface area contributed by atoms with Gasteiger partial charge in [-0.2, -0.15) is 0 Å². The van der Waals surface area contributed by atoms with E-state index in [4.69, 9.17) is 0 Å². The molecule has 17 heavy (non-hydrogen) atoms. The van der Waals surface area contributed by atoms with E-state index in [-0.39, 0.29) is 17.7 Å². The number of benzene rings is 1. The first-order chi connectivity index (χ1) is 8.10. The van der Waals surface area contributed by atoms with Gasteiger partial charge in [0.15, 0.2) is 0 Å². The van der Waals surface area contributed by atoms with E-state index in [1.54, 1.807) is 25.1 Å². The third-order valence-electron chi connectivity index (χ3n) is 2.77. The Morgan fingerprint density at radius 2 is 2.24 bits per heavy atom. The number of hydrogen-bond donors (Lipinski definition) is 2. The summed E-state index contributed by atoms with van der Waals surface area (Å²) in [6.45, 7) is 3.81. The third kappa shape index (κ3) is 3.73. The topological polar surface area (TPSA) is 49.3 Å². The fourth-order valence-corrected chi connectivity index (χ4v) is 2.17. The Morgan fingerprint density at radius 3 is 2.82 bits per heavy atom. The maximum absolute atomic E-state index is 12.0. The fourth-order valence-electron chi connectivity index (χ4n) is 1.62. The molecule has 2 N–H and O–H groups in total. The minimum Gasteiger partial charge on any atom is -0.507 e. The zero-order valence-corrected chi connectivity index (χ0v) is 11.8. The number of hydrogen-bond acceptors (Lipinski definition) is 2. The summed E-state index contributed by atoms with van der Waals surface area (Å²) in [5.41, 5.74) is 1.06. The second-order valence-electron chi connectivity index (χ2n) is 4.03. The number of aryl methyl sites for hydroxylation is 1. The molecule has 0 aliphatic heterocycles. The molecule has 1 aromatic rings. The van der Waals surface area contributed by atoms with Crippen LogP contribution in [0.1, 0.15) is 35.7 Å². The van der Waals surface area contributed by atoms with Gasteiger partial charge in [-0.1, -0.05) is 35.0 Å². The van der Waals surface area contributed by atoms with Crippen LogP contribution in [-0.4, -0.2) is 22.4 Å². The number of halogens is 1. The molecule has 3 nitrogen and oxygen atoms in total. The number of nitrogens with one attached hydrogen (secondary N) is 1. The molecule has 1 amide bonds. The van der Waals surface area contributed by atoms with Crippen molar-refractivity contribution >= 4 is 21.8 Å². The third-order valence-corrected chi connectivity index (χ3v) is 3.23. The molecule has 0 fully saturated rings. The Labute approximate surface area is 110 Å². The summed E-state index contributed by atoms with van der Waals surface area (Å²) in [5, 5.41) is 13.6. The van der Waals surface area contributed by atoms with E-state index < -0.39 is 0 Å². The maximum atomic E-state index is 12.0. The van der Waals surface area contributed by atoms with Crippen molar-refractivity contribution in [1.29, 1.82) is 0 Å². The van der Waals surface area contributed by atoms with Crippen molar-refractivity contribution < 1.29 is 9.90 Å². The number of alkyl halides is 1. The molecule has 1 rings (SSSR count). The lowest BCUT2D eigenvalue weighted by atomic mass is 10.1. The van der Waals surface area contributed by atoms with E-state index in [0.29, 0.717) is 11.1 Å². The first-order valence-corrected chi connectivity index (χ1v) is 6.87. The predicted octanol–water partition coefficient (Wildman–Crippen LogP) is 2.99. The molecule has 1 atom stereocenters. The number of rotatable bonds is 5. The fraction of sp³-hybridized carbons (Fsp3) is 0.462. The van der Waals surface area contributed by atoms with Crippen LogP contribution in [0.4, 0.5) is 0 Å². The maximum Gasteiger partial charge on any atom is 0.255 e. The molecule has 0 aromatic heterocycles. The van der Waals surface area contributed by atoms with Gasteiger partial charge in [-0.15, -0.1) is 0 Å². The summed E-state index contributed by atoms with van der Waals surface area (Å²) in [4.78, 5) is 12.0. The van der Waals surface area contributed by atoms with Crippen LogP contribution in [0.25, 0.3) is 0 Å². The summed E-state index contributed by atoms with van der Waals surface area (Å²) < 4.78 is 0. The standard InChI is InChI=1S/C13H18BrNO2/c1-3-10(7-8-14)15-13(17)11-6-4-5-9(2)12(11)16/h4-6,10,16H,3,7-8H2,1-2H3,(H,15,17). The lowest BCUT2D eigenvalue weighted by molar-refractivity contribution is 0.0932. The molecule has 4 heteroatoms. The Balaban J connectivity index is 2.79. The molecule has 0 aliphatic rings. The smallest absolute Gasteiger partial charge is 0.255 e. The number of carbonyl (C=O) groups is 1. The molecular weight excluding hydrogens is 282 g/mol. The van der Waals surface area contributed by atoms with Crippen LogP contribution in [0.5, 0.6) is 5.75 Å². The minimum absolute atomic E-state index is 0.0682. The van der Waals surface area contributed by atoms with Crippen molar-refractivity contribution in [2.75, 3.05) is 5.33 Å². The van der Waals surface area contributed by atoms with E-state index in [2.05, 4.69) is 21.2 Å². The lowest BCUT2D eigenvalue weighted by Crippen LogP contribution is -2.34. The highest BCUT2D eigenvalue weighted by Gasteiger charge is 2.15. The second-order valence-corrected chi connectivity index (χ2v) is 4.82. The van der Waals surface area contributed by atoms with E-state index in [1.807, 2.05) is 6.92 Å². The molecule has 0 aliphatic carbocycles. The van der Waals surface area contributed by atoms with Crippen molar-refractivity contribution in [3.05, 3.63) is 29.3 Å². The van der Waals surface area contributed by atoms with E-state index >= 15 is 0 Å². The number of amides is 1. The highest BCUT2D eigenvalue weighted by Crippen LogP contribution is 2.21. The van der Waals surface area contributed by atoms with Gasteiger partial charge in [-0.25, -0.2) is 0 Å². The van der Waals surface area contributed by atoms with Crippen molar-refractivity contribution in [3.8, 4) is 5.75 Å². The quantitative estimate of drug-likeness (QED) is 0.821. The summed E-state index contributed by atoms with van der Waals surface area (Å²) in [6, 6.07) is 5.33. The zero-order chi connectivity index (χ0) is 12.8. The molecule has 0 bridgehead atoms. The largest absolute Gasteiger partial charge is 0.507 e. The van der Waals surface area contributed by atoms with Crippen LogP contribution in [0.15, 0.2) is 18.2 Å². The van der Waals surface area contributed by atoms with Crippen LogP contribution in [0.2, 0.25) is 0 Å². The average molecular weight is 300 g/mol. The van der Waals surface area contributed by atoms with Gasteiger partial charge in [0.1, 0.15) is 5.75 Å². The summed E-state index contributed by atoms with van der Waals surface area (Å²) >= 11 is 3.36. The first-order valence-electron chi connectivity index (χ1n) is 5.75. The van der Waals surface area contributed by atoms with Crippen molar-refractivity contribution in [3.63, 3.8) is 0 Å². The van der Waals surface area contributed by atoms with Crippen molar-refractivity contribution in [2.45, 2.75) is 32.7 Å². The molecule has 0 radical (unpaired) electrons. The number of aromatic hydroxyl groups is 1. The predicted molar refractivity (Wildman–Crippen MR) is 72.8 cm³/mol. The lowest BCUT2D eigenvalue weighted by Gasteiger charge is -2.16. The van der Waals surface area contributed by atoms with Crippen LogP contribution in [0.3, 0.4) is 0 Å². The molecule has 0 saturated heterocycles. The van der Waals surface area contributed by atoms with Crippen LogP contribution in [0, 0.1) is 6.92 Å². The van der Waals surface area contributed by atoms with Gasteiger partial charge in [0, 0.05) is 11.4 Å². The van der Waals surface area contributed by atoms with Gasteiger partial charge >= 0.3 is 0 Å². The first kappa shape index (κ1) is 14.0. The molecule has 1 unspecified atom stereocenters. The number of phenolic OH excluding ortho intramolecular Hbond substituents is 1. The number of carbonyl (C=O) groups excluding carboxylic acids is 1. The average Bonchev–Trinajstić information content (AvgIpc) is 2.31. The van der Waals surface area contributed by atoms with Gasteiger partial charge in [0.05, 0.1) is 5.56 Å². The van der Waals surface area contributed by atoms with E-state index in [0.717, 1.165) is 18.2 Å². The zero-order valence-electron chi connectivity index (χ0n) is 10.2. The monoisotopic (exact) mass is 299 g/mol. The normalized spacial score (nSPS) is 12.2. The Kier molecular flexibility index (Phi) is 5.48. The molecular formula is C13H18BrNO2. The van der Waals surface area contributed by atoms with Gasteiger partial charge in [-0.05, 0) is 31.4 Å². The molecule has 0 heterocycles. The van der Waals surface area contributed by atoms with Crippen LogP contribution >= 0.6 is 15.9 Å². The van der Waals surface area contributed by atoms with Gasteiger partial charge in [0.25, 0.3) is 5.91 Å². The van der Waals surface area contributed by atoms with Crippen LogP contribution < -0.4 is 5.32 Å². The number of phenols is 1. The Hall–Kier alpha value is -1.03. The minimum atomic E-state index is -0.209. The molecule has 0 saturated carbocycles. The van der Waals surface area contributed by atoms with Gasteiger partial charge < -0.3 is 10.4 Å². The molecule has 94 valence electrons. The van der Waals surface area contributed by atoms with Gasteiger partial charge in [0.2, 0.25) is 0 Å². The summed E-state index contributed by atoms with van der Waals surface area (Å²) in [6.07, 6.45) is 1.76. The Bertz CT molecular complexity index is 393. The van der Waals surface area contributed by atoms with Crippen molar-refractivity contribution in [2.24, 2.45) is 0 Å². The summed E-state index contributed by atoms with van der Waals surface area (Å²) in [5.74, 6) is -0.141. The SMILES string of the molecule is CCC(CCBr)NC(=O)c1cccc(C)c1O. The van der Waals surface area contributed by atoms with Gasteiger partial charge in [-0.3, -0.25) is 4.79 Å². The van der Waals surface area contributed by atoms with Crippen LogP contribution in [-0.2, 0) is 0 Å². The molecule has 1 aromatic carbocycles. The molecule has 0 spiro atoms. The second kappa shape index (κ2) is 6.64. The van der Waals surface area contributed by atoms with E-state index in [1.165, 1.54) is 0 Å². The van der Waals surface area contributed by atoms with E-state index in [9.17, 15) is 9.90 Å². The summed E-state index contributed by atoms with van der Waals surface area (Å²) in [7, 11) is 0.